The van der Waals surface area contributed by atoms with Crippen LogP contribution in [0.5, 0.6) is 0 Å². The van der Waals surface area contributed by atoms with Crippen molar-refractivity contribution in [2.45, 2.75) is 41.0 Å². The number of hydrogen-bond acceptors (Lipinski definition) is 1. The molecule has 0 aromatic heterocycles. The van der Waals surface area contributed by atoms with Gasteiger partial charge in [-0.05, 0) is 12.3 Å². The van der Waals surface area contributed by atoms with Gasteiger partial charge in [0.1, 0.15) is 0 Å². The minimum absolute atomic E-state index is 0.610. The zero-order valence-electron chi connectivity index (χ0n) is 8.46. The highest BCUT2D eigenvalue weighted by atomic mass is 14.7. The van der Waals surface area contributed by atoms with Crippen molar-refractivity contribution in [2.75, 3.05) is 0 Å². The van der Waals surface area contributed by atoms with Crippen molar-refractivity contribution >= 4 is 6.21 Å². The van der Waals surface area contributed by atoms with Gasteiger partial charge in [0.25, 0.3) is 0 Å². The fourth-order valence-electron chi connectivity index (χ4n) is 0.388. The molecule has 0 saturated carbocycles. The average molecular weight is 155 g/mol. The predicted octanol–water partition coefficient (Wildman–Crippen LogP) is 3.66. The van der Waals surface area contributed by atoms with E-state index in [9.17, 15) is 0 Å². The zero-order chi connectivity index (χ0) is 9.11. The molecule has 0 aliphatic heterocycles. The third-order valence-corrected chi connectivity index (χ3v) is 0.845. The summed E-state index contributed by atoms with van der Waals surface area (Å²) in [6.07, 6.45) is 6.85. The lowest BCUT2D eigenvalue weighted by atomic mass is 10.2. The van der Waals surface area contributed by atoms with E-state index < -0.39 is 0 Å². The van der Waals surface area contributed by atoms with Crippen LogP contribution in [0.2, 0.25) is 0 Å². The topological polar surface area (TPSA) is 12.4 Å². The Labute approximate surface area is 71.2 Å². The van der Waals surface area contributed by atoms with Crippen molar-refractivity contribution in [3.63, 3.8) is 0 Å². The SMILES string of the molecule is CC.CCC=N/C=C\C(C)C. The van der Waals surface area contributed by atoms with Crippen LogP contribution in [-0.2, 0) is 0 Å². The average Bonchev–Trinajstić information content (AvgIpc) is 2.02. The fourth-order valence-corrected chi connectivity index (χ4v) is 0.388. The summed E-state index contributed by atoms with van der Waals surface area (Å²) in [6.45, 7) is 10.3. The molecule has 11 heavy (non-hydrogen) atoms. The number of nitrogens with zero attached hydrogens (tertiary/aromatic N) is 1. The third kappa shape index (κ3) is 17.7. The Morgan fingerprint density at radius 3 is 2.18 bits per heavy atom. The van der Waals surface area contributed by atoms with Gasteiger partial charge < -0.3 is 0 Å². The molecule has 1 nitrogen and oxygen atoms in total. The van der Waals surface area contributed by atoms with E-state index in [1.807, 2.05) is 26.3 Å². The molecule has 66 valence electrons. The van der Waals surface area contributed by atoms with Gasteiger partial charge in [0.2, 0.25) is 0 Å². The molecule has 0 spiro atoms. The summed E-state index contributed by atoms with van der Waals surface area (Å²) in [4.78, 5) is 4.02. The van der Waals surface area contributed by atoms with Gasteiger partial charge in [-0.25, -0.2) is 0 Å². The van der Waals surface area contributed by atoms with Crippen LogP contribution in [-0.4, -0.2) is 6.21 Å². The van der Waals surface area contributed by atoms with E-state index in [1.165, 1.54) is 0 Å². The van der Waals surface area contributed by atoms with Gasteiger partial charge in [-0.2, -0.15) is 0 Å². The normalized spacial score (nSPS) is 10.7. The van der Waals surface area contributed by atoms with E-state index in [4.69, 9.17) is 0 Å². The van der Waals surface area contributed by atoms with Crippen molar-refractivity contribution in [1.82, 2.24) is 0 Å². The molecule has 0 aromatic carbocycles. The Kier molecular flexibility index (Phi) is 14.4. The lowest BCUT2D eigenvalue weighted by Crippen LogP contribution is -1.75. The summed E-state index contributed by atoms with van der Waals surface area (Å²) >= 11 is 0. The summed E-state index contributed by atoms with van der Waals surface area (Å²) < 4.78 is 0. The van der Waals surface area contributed by atoms with E-state index in [1.54, 1.807) is 0 Å². The molecule has 0 saturated heterocycles. The molecule has 0 amide bonds. The molecular formula is C10H21N. The molecule has 0 unspecified atom stereocenters. The van der Waals surface area contributed by atoms with Gasteiger partial charge in [-0.15, -0.1) is 0 Å². The first-order valence-electron chi connectivity index (χ1n) is 4.45. The van der Waals surface area contributed by atoms with Crippen LogP contribution < -0.4 is 0 Å². The summed E-state index contributed by atoms with van der Waals surface area (Å²) in [6, 6.07) is 0. The van der Waals surface area contributed by atoms with Crippen molar-refractivity contribution in [2.24, 2.45) is 10.9 Å². The van der Waals surface area contributed by atoms with Crippen LogP contribution in [0, 0.1) is 5.92 Å². The number of allylic oxidation sites excluding steroid dienone is 1. The van der Waals surface area contributed by atoms with Crippen LogP contribution in [0.4, 0.5) is 0 Å². The molecule has 0 N–H and O–H groups in total. The third-order valence-electron chi connectivity index (χ3n) is 0.845. The summed E-state index contributed by atoms with van der Waals surface area (Å²) in [7, 11) is 0. The number of aliphatic imine (C=N–C) groups is 1. The van der Waals surface area contributed by atoms with Crippen molar-refractivity contribution in [1.29, 1.82) is 0 Å². The van der Waals surface area contributed by atoms with Crippen molar-refractivity contribution in [3.05, 3.63) is 12.3 Å². The molecule has 0 heterocycles. The first kappa shape index (κ1) is 13.0. The number of rotatable bonds is 3. The molecule has 0 rings (SSSR count). The van der Waals surface area contributed by atoms with Crippen LogP contribution >= 0.6 is 0 Å². The maximum absolute atomic E-state index is 4.02. The lowest BCUT2D eigenvalue weighted by molar-refractivity contribution is 0.829. The summed E-state index contributed by atoms with van der Waals surface area (Å²) in [5, 5.41) is 0. The van der Waals surface area contributed by atoms with Crippen molar-refractivity contribution in [3.8, 4) is 0 Å². The molecular weight excluding hydrogens is 134 g/mol. The van der Waals surface area contributed by atoms with Gasteiger partial charge in [-0.3, -0.25) is 4.99 Å². The maximum Gasteiger partial charge on any atom is 0.0226 e. The molecule has 1 heteroatoms. The minimum atomic E-state index is 0.610. The van der Waals surface area contributed by atoms with Gasteiger partial charge in [0.05, 0.1) is 0 Å². The van der Waals surface area contributed by atoms with E-state index in [-0.39, 0.29) is 0 Å². The van der Waals surface area contributed by atoms with E-state index in [0.717, 1.165) is 6.42 Å². The second-order valence-corrected chi connectivity index (χ2v) is 2.33. The highest BCUT2D eigenvalue weighted by Crippen LogP contribution is 1.92. The Bertz CT molecular complexity index is 101. The summed E-state index contributed by atoms with van der Waals surface area (Å²) in [5.41, 5.74) is 0. The molecule has 0 aliphatic carbocycles. The molecule has 0 fully saturated rings. The quantitative estimate of drug-likeness (QED) is 0.551. The van der Waals surface area contributed by atoms with Gasteiger partial charge >= 0.3 is 0 Å². The monoisotopic (exact) mass is 155 g/mol. The second kappa shape index (κ2) is 12.1. The zero-order valence-corrected chi connectivity index (χ0v) is 8.46. The van der Waals surface area contributed by atoms with Crippen molar-refractivity contribution < 1.29 is 0 Å². The maximum atomic E-state index is 4.02. The van der Waals surface area contributed by atoms with Gasteiger partial charge in [0.15, 0.2) is 0 Å². The largest absolute Gasteiger partial charge is 0.269 e. The lowest BCUT2D eigenvalue weighted by Gasteiger charge is -1.88. The van der Waals surface area contributed by atoms with E-state index in [2.05, 4.69) is 31.8 Å². The number of hydrogen-bond donors (Lipinski definition) is 0. The molecule has 0 aliphatic rings. The smallest absolute Gasteiger partial charge is 0.0226 e. The van der Waals surface area contributed by atoms with Crippen LogP contribution in [0.15, 0.2) is 17.3 Å². The summed E-state index contributed by atoms with van der Waals surface area (Å²) in [5.74, 6) is 0.610. The first-order valence-corrected chi connectivity index (χ1v) is 4.45. The van der Waals surface area contributed by atoms with Crippen LogP contribution in [0.25, 0.3) is 0 Å². The molecule has 0 atom stereocenters. The Balaban J connectivity index is 0. The second-order valence-electron chi connectivity index (χ2n) is 2.33. The Morgan fingerprint density at radius 2 is 1.82 bits per heavy atom. The van der Waals surface area contributed by atoms with E-state index >= 15 is 0 Å². The molecule has 0 bridgehead atoms. The molecule has 0 aromatic rings. The van der Waals surface area contributed by atoms with E-state index in [0.29, 0.717) is 5.92 Å². The first-order chi connectivity index (χ1) is 5.27. The highest BCUT2D eigenvalue weighted by molar-refractivity contribution is 5.57. The van der Waals surface area contributed by atoms with Crippen LogP contribution in [0.1, 0.15) is 41.0 Å². The predicted molar refractivity (Wildman–Crippen MR) is 54.1 cm³/mol. The molecule has 0 radical (unpaired) electrons. The van der Waals surface area contributed by atoms with Gasteiger partial charge in [0, 0.05) is 12.4 Å². The fraction of sp³-hybridized carbons (Fsp3) is 0.700. The Hall–Kier alpha value is -0.590. The minimum Gasteiger partial charge on any atom is -0.269 e. The van der Waals surface area contributed by atoms with Gasteiger partial charge in [-0.1, -0.05) is 40.7 Å². The Morgan fingerprint density at radius 1 is 1.27 bits per heavy atom. The van der Waals surface area contributed by atoms with Crippen LogP contribution in [0.3, 0.4) is 0 Å². The standard InChI is InChI=1S/C8H15N.C2H6/c1-4-6-9-7-5-8(2)3;1-2/h5-8H,4H2,1-3H3;1-2H3/b7-5-,9-6?;. The highest BCUT2D eigenvalue weighted by Gasteiger charge is 1.78.